The minimum atomic E-state index is 0.0654. The summed E-state index contributed by atoms with van der Waals surface area (Å²) in [6.07, 6.45) is 2.40. The van der Waals surface area contributed by atoms with Gasteiger partial charge in [-0.2, -0.15) is 0 Å². The fourth-order valence-electron chi connectivity index (χ4n) is 3.31. The van der Waals surface area contributed by atoms with Crippen molar-refractivity contribution < 1.29 is 5.21 Å². The molecular formula is C10H16BrNO. The van der Waals surface area contributed by atoms with Gasteiger partial charge in [-0.15, -0.1) is 0 Å². The van der Waals surface area contributed by atoms with Crippen LogP contribution in [-0.2, 0) is 0 Å². The van der Waals surface area contributed by atoms with Crippen LogP contribution >= 0.6 is 15.9 Å². The van der Waals surface area contributed by atoms with Gasteiger partial charge in [0.05, 0.1) is 5.71 Å². The monoisotopic (exact) mass is 245 g/mol. The molecule has 13 heavy (non-hydrogen) atoms. The van der Waals surface area contributed by atoms with E-state index < -0.39 is 0 Å². The molecule has 0 aromatic heterocycles. The Kier molecular flexibility index (Phi) is 1.83. The third-order valence-electron chi connectivity index (χ3n) is 4.11. The molecule has 2 fully saturated rings. The maximum absolute atomic E-state index is 9.07. The highest BCUT2D eigenvalue weighted by atomic mass is 79.9. The van der Waals surface area contributed by atoms with Crippen LogP contribution in [0.3, 0.4) is 0 Å². The van der Waals surface area contributed by atoms with Crippen LogP contribution in [-0.4, -0.2) is 15.7 Å². The molecule has 0 aliphatic heterocycles. The van der Waals surface area contributed by atoms with E-state index in [1.54, 1.807) is 0 Å². The highest BCUT2D eigenvalue weighted by molar-refractivity contribution is 9.09. The quantitative estimate of drug-likeness (QED) is 0.397. The second-order valence-electron chi connectivity index (χ2n) is 5.13. The van der Waals surface area contributed by atoms with E-state index in [0.29, 0.717) is 10.7 Å². The van der Waals surface area contributed by atoms with E-state index in [0.717, 1.165) is 12.1 Å². The van der Waals surface area contributed by atoms with Gasteiger partial charge in [-0.3, -0.25) is 0 Å². The first-order valence-electron chi connectivity index (χ1n) is 4.81. The zero-order valence-electron chi connectivity index (χ0n) is 8.34. The van der Waals surface area contributed by atoms with E-state index in [1.807, 2.05) is 0 Å². The smallest absolute Gasteiger partial charge is 0.0700 e. The van der Waals surface area contributed by atoms with E-state index in [2.05, 4.69) is 41.9 Å². The van der Waals surface area contributed by atoms with Crippen molar-refractivity contribution in [3.63, 3.8) is 0 Å². The predicted molar refractivity (Wildman–Crippen MR) is 56.5 cm³/mol. The van der Waals surface area contributed by atoms with Crippen molar-refractivity contribution in [3.05, 3.63) is 0 Å². The summed E-state index contributed by atoms with van der Waals surface area (Å²) in [6.45, 7) is 6.58. The maximum atomic E-state index is 9.07. The molecule has 2 bridgehead atoms. The van der Waals surface area contributed by atoms with E-state index in [9.17, 15) is 0 Å². The molecule has 2 unspecified atom stereocenters. The average molecular weight is 246 g/mol. The Bertz CT molecular complexity index is 274. The van der Waals surface area contributed by atoms with Crippen molar-refractivity contribution in [2.45, 2.75) is 38.4 Å². The van der Waals surface area contributed by atoms with Gasteiger partial charge in [0, 0.05) is 15.7 Å². The summed E-state index contributed by atoms with van der Waals surface area (Å²) in [6, 6.07) is 0. The average Bonchev–Trinajstić information content (AvgIpc) is 2.36. The number of hydrogen-bond acceptors (Lipinski definition) is 2. The minimum Gasteiger partial charge on any atom is -0.411 e. The number of alkyl halides is 1. The highest BCUT2D eigenvalue weighted by Gasteiger charge is 2.63. The van der Waals surface area contributed by atoms with Gasteiger partial charge in [-0.05, 0) is 18.8 Å². The molecule has 2 rings (SSSR count). The second-order valence-corrected chi connectivity index (χ2v) is 6.12. The van der Waals surface area contributed by atoms with Crippen molar-refractivity contribution in [1.82, 2.24) is 0 Å². The summed E-state index contributed by atoms with van der Waals surface area (Å²) in [7, 11) is 0. The summed E-state index contributed by atoms with van der Waals surface area (Å²) in [5, 5.41) is 12.6. The Labute approximate surface area is 87.5 Å². The topological polar surface area (TPSA) is 32.6 Å². The molecule has 0 aromatic carbocycles. The molecule has 0 aromatic rings. The van der Waals surface area contributed by atoms with Crippen molar-refractivity contribution in [3.8, 4) is 0 Å². The Morgan fingerprint density at radius 1 is 1.46 bits per heavy atom. The molecule has 0 spiro atoms. The van der Waals surface area contributed by atoms with Crippen LogP contribution in [0.25, 0.3) is 0 Å². The van der Waals surface area contributed by atoms with Crippen LogP contribution in [0.15, 0.2) is 5.16 Å². The van der Waals surface area contributed by atoms with Gasteiger partial charge in [0.2, 0.25) is 0 Å². The van der Waals surface area contributed by atoms with Gasteiger partial charge in [0.15, 0.2) is 0 Å². The van der Waals surface area contributed by atoms with E-state index in [-0.39, 0.29) is 10.8 Å². The third-order valence-corrected chi connectivity index (χ3v) is 5.76. The standard InChI is InChI=1S/C10H16BrNO/c1-9(2)6-4-5-10(3,7(6)11)8(9)12-13/h6-7,13H,4-5H2,1-3H3/b12-8-/t6?,7-,10?/m0/s1. The first-order valence-corrected chi connectivity index (χ1v) is 5.73. The van der Waals surface area contributed by atoms with Gasteiger partial charge >= 0.3 is 0 Å². The van der Waals surface area contributed by atoms with E-state index in [4.69, 9.17) is 5.21 Å². The van der Waals surface area contributed by atoms with Crippen molar-refractivity contribution >= 4 is 21.6 Å². The number of halogens is 1. The molecule has 0 amide bonds. The minimum absolute atomic E-state index is 0.0654. The van der Waals surface area contributed by atoms with Crippen LogP contribution in [0, 0.1) is 16.7 Å². The second kappa shape index (κ2) is 2.50. The molecule has 0 radical (unpaired) electrons. The van der Waals surface area contributed by atoms with Gasteiger partial charge in [-0.1, -0.05) is 41.9 Å². The summed E-state index contributed by atoms with van der Waals surface area (Å²) in [4.78, 5) is 0.487. The zero-order chi connectivity index (χ0) is 9.85. The summed E-state index contributed by atoms with van der Waals surface area (Å²) < 4.78 is 0. The maximum Gasteiger partial charge on any atom is 0.0700 e. The Hall–Kier alpha value is -0.0500. The van der Waals surface area contributed by atoms with Crippen molar-refractivity contribution in [2.24, 2.45) is 21.9 Å². The van der Waals surface area contributed by atoms with Crippen LogP contribution < -0.4 is 0 Å². The van der Waals surface area contributed by atoms with Crippen LogP contribution in [0.2, 0.25) is 0 Å². The van der Waals surface area contributed by atoms with Gasteiger partial charge < -0.3 is 5.21 Å². The third kappa shape index (κ3) is 0.915. The first kappa shape index (κ1) is 9.50. The van der Waals surface area contributed by atoms with Gasteiger partial charge in [0.1, 0.15) is 0 Å². The summed E-state index contributed by atoms with van der Waals surface area (Å²) in [5.41, 5.74) is 1.14. The number of hydrogen-bond donors (Lipinski definition) is 1. The number of nitrogens with zero attached hydrogens (tertiary/aromatic N) is 1. The first-order chi connectivity index (χ1) is 5.94. The SMILES string of the molecule is CC1(C)/C(=N/O)C2(C)CCC1[C@@H]2Br. The predicted octanol–water partition coefficient (Wildman–Crippen LogP) is 3.04. The molecule has 3 heteroatoms. The molecule has 2 aliphatic carbocycles. The normalized spacial score (nSPS) is 50.3. The fourth-order valence-corrected chi connectivity index (χ4v) is 4.68. The van der Waals surface area contributed by atoms with Crippen LogP contribution in [0.1, 0.15) is 33.6 Å². The van der Waals surface area contributed by atoms with Crippen LogP contribution in [0.5, 0.6) is 0 Å². The number of rotatable bonds is 0. The molecule has 0 saturated heterocycles. The molecular weight excluding hydrogens is 230 g/mol. The number of fused-ring (bicyclic) bond motifs is 2. The number of oxime groups is 1. The summed E-state index contributed by atoms with van der Waals surface area (Å²) >= 11 is 3.75. The molecule has 2 aliphatic rings. The summed E-state index contributed by atoms with van der Waals surface area (Å²) in [5.74, 6) is 0.628. The lowest BCUT2D eigenvalue weighted by Gasteiger charge is -2.33. The van der Waals surface area contributed by atoms with Crippen molar-refractivity contribution in [1.29, 1.82) is 0 Å². The van der Waals surface area contributed by atoms with Gasteiger partial charge in [-0.25, -0.2) is 0 Å². The lowest BCUT2D eigenvalue weighted by molar-refractivity contribution is 0.279. The van der Waals surface area contributed by atoms with Crippen LogP contribution in [0.4, 0.5) is 0 Å². The fraction of sp³-hybridized carbons (Fsp3) is 0.900. The van der Waals surface area contributed by atoms with E-state index in [1.165, 1.54) is 6.42 Å². The Morgan fingerprint density at radius 3 is 2.38 bits per heavy atom. The van der Waals surface area contributed by atoms with E-state index >= 15 is 0 Å². The zero-order valence-corrected chi connectivity index (χ0v) is 9.93. The molecule has 2 saturated carbocycles. The lowest BCUT2D eigenvalue weighted by Crippen LogP contribution is -2.35. The lowest BCUT2D eigenvalue weighted by atomic mass is 9.71. The molecule has 1 N–H and O–H groups in total. The molecule has 3 atom stereocenters. The molecule has 74 valence electrons. The molecule has 0 heterocycles. The largest absolute Gasteiger partial charge is 0.411 e. The van der Waals surface area contributed by atoms with Crippen molar-refractivity contribution in [2.75, 3.05) is 0 Å². The Balaban J connectivity index is 2.52. The highest BCUT2D eigenvalue weighted by Crippen LogP contribution is 2.63. The molecule has 2 nitrogen and oxygen atoms in total. The Morgan fingerprint density at radius 2 is 2.08 bits per heavy atom. The van der Waals surface area contributed by atoms with Gasteiger partial charge in [0.25, 0.3) is 0 Å².